The smallest absolute Gasteiger partial charge is 0.266 e. The van der Waals surface area contributed by atoms with Crippen LogP contribution in [0.2, 0.25) is 5.02 Å². The molecule has 0 spiro atoms. The molecule has 0 radical (unpaired) electrons. The van der Waals surface area contributed by atoms with Crippen LogP contribution >= 0.6 is 47.3 Å². The molecule has 0 saturated carbocycles. The Kier molecular flexibility index (Phi) is 7.89. The highest BCUT2D eigenvalue weighted by Gasteiger charge is 2.30. The Bertz CT molecular complexity index is 931. The Morgan fingerprint density at radius 3 is 2.62 bits per heavy atom. The molecule has 29 heavy (non-hydrogen) atoms. The Balaban J connectivity index is 1.61. The maximum atomic E-state index is 12.4. The van der Waals surface area contributed by atoms with Crippen LogP contribution in [0.5, 0.6) is 11.5 Å². The van der Waals surface area contributed by atoms with E-state index in [0.29, 0.717) is 33.9 Å². The molecule has 0 unspecified atom stereocenters. The molecule has 0 N–H and O–H groups in total. The molecule has 2 aromatic carbocycles. The van der Waals surface area contributed by atoms with Gasteiger partial charge >= 0.3 is 0 Å². The number of benzene rings is 2. The van der Waals surface area contributed by atoms with Gasteiger partial charge in [-0.25, -0.2) is 0 Å². The van der Waals surface area contributed by atoms with Crippen molar-refractivity contribution < 1.29 is 14.3 Å². The first-order valence-electron chi connectivity index (χ1n) is 8.96. The summed E-state index contributed by atoms with van der Waals surface area (Å²) in [5.74, 6) is 2.04. The second kappa shape index (κ2) is 10.4. The molecular formula is C21H20ClNO3S3. The van der Waals surface area contributed by atoms with Gasteiger partial charge in [-0.2, -0.15) is 0 Å². The summed E-state index contributed by atoms with van der Waals surface area (Å²) in [6.45, 7) is 3.03. The first kappa shape index (κ1) is 22.0. The van der Waals surface area contributed by atoms with Crippen LogP contribution in [-0.2, 0) is 4.79 Å². The summed E-state index contributed by atoms with van der Waals surface area (Å²) < 4.78 is 11.9. The number of carbonyl (C=O) groups excluding carboxylic acids is 1. The number of halogens is 1. The van der Waals surface area contributed by atoms with Gasteiger partial charge in [-0.15, -0.1) is 11.8 Å². The number of thiocarbonyl (C=S) groups is 1. The van der Waals surface area contributed by atoms with Crippen LogP contribution in [0.3, 0.4) is 0 Å². The van der Waals surface area contributed by atoms with E-state index in [-0.39, 0.29) is 5.91 Å². The Morgan fingerprint density at radius 1 is 1.21 bits per heavy atom. The van der Waals surface area contributed by atoms with Crippen LogP contribution in [0.15, 0.2) is 52.3 Å². The lowest BCUT2D eigenvalue weighted by molar-refractivity contribution is -0.121. The number of methoxy groups -OCH3 is 1. The first-order chi connectivity index (χ1) is 14.0. The maximum Gasteiger partial charge on any atom is 0.266 e. The van der Waals surface area contributed by atoms with Crippen LogP contribution in [0.4, 0.5) is 0 Å². The average Bonchev–Trinajstić information content (AvgIpc) is 2.99. The lowest BCUT2D eigenvalue weighted by atomic mass is 10.2. The molecule has 1 aliphatic heterocycles. The van der Waals surface area contributed by atoms with Gasteiger partial charge in [0.1, 0.15) is 4.32 Å². The van der Waals surface area contributed by atoms with E-state index in [4.69, 9.17) is 33.3 Å². The summed E-state index contributed by atoms with van der Waals surface area (Å²) >= 11 is 14.2. The molecule has 0 aromatic heterocycles. The largest absolute Gasteiger partial charge is 0.493 e. The maximum absolute atomic E-state index is 12.4. The molecule has 8 heteroatoms. The van der Waals surface area contributed by atoms with E-state index in [1.165, 1.54) is 11.8 Å². The van der Waals surface area contributed by atoms with Gasteiger partial charge in [0, 0.05) is 22.2 Å². The normalized spacial score (nSPS) is 15.3. The van der Waals surface area contributed by atoms with Crippen molar-refractivity contribution in [3.05, 3.63) is 58.0 Å². The molecule has 1 heterocycles. The van der Waals surface area contributed by atoms with Crippen molar-refractivity contribution in [2.24, 2.45) is 0 Å². The zero-order valence-corrected chi connectivity index (χ0v) is 19.2. The zero-order valence-electron chi connectivity index (χ0n) is 16.0. The second-order valence-corrected chi connectivity index (χ2v) is 9.27. The summed E-state index contributed by atoms with van der Waals surface area (Å²) in [6, 6.07) is 13.4. The standard InChI is InChI=1S/C21H20ClNO3S3/c1-3-23-20(24)19(29-21(23)27)13-14-4-9-17(18(12-14)25-2)26-10-11-28-16-7-5-15(22)6-8-16/h4-9,12-13H,3,10-11H2,1-2H3. The van der Waals surface area contributed by atoms with Crippen LogP contribution in [0.1, 0.15) is 12.5 Å². The summed E-state index contributed by atoms with van der Waals surface area (Å²) in [4.78, 5) is 15.7. The Morgan fingerprint density at radius 2 is 1.97 bits per heavy atom. The van der Waals surface area contributed by atoms with Gasteiger partial charge in [0.2, 0.25) is 0 Å². The second-order valence-electron chi connectivity index (χ2n) is 5.99. The molecular weight excluding hydrogens is 446 g/mol. The predicted octanol–water partition coefficient (Wildman–Crippen LogP) is 5.74. The van der Waals surface area contributed by atoms with Crippen molar-refractivity contribution in [3.63, 3.8) is 0 Å². The number of thioether (sulfide) groups is 2. The first-order valence-corrected chi connectivity index (χ1v) is 11.5. The lowest BCUT2D eigenvalue weighted by Gasteiger charge is -2.11. The molecule has 1 aliphatic rings. The molecule has 1 saturated heterocycles. The fourth-order valence-corrected chi connectivity index (χ4v) is 4.90. The van der Waals surface area contributed by atoms with E-state index in [1.54, 1.807) is 23.8 Å². The third-order valence-electron chi connectivity index (χ3n) is 4.10. The van der Waals surface area contributed by atoms with Crippen LogP contribution in [0.25, 0.3) is 6.08 Å². The third-order valence-corrected chi connectivity index (χ3v) is 6.70. The molecule has 0 atom stereocenters. The minimum absolute atomic E-state index is 0.0546. The van der Waals surface area contributed by atoms with Gasteiger partial charge in [0.15, 0.2) is 11.5 Å². The highest BCUT2D eigenvalue weighted by molar-refractivity contribution is 8.26. The highest BCUT2D eigenvalue weighted by atomic mass is 35.5. The third kappa shape index (κ3) is 5.69. The summed E-state index contributed by atoms with van der Waals surface area (Å²) in [5, 5.41) is 0.729. The van der Waals surface area contributed by atoms with E-state index in [1.807, 2.05) is 55.5 Å². The van der Waals surface area contributed by atoms with Gasteiger partial charge in [-0.05, 0) is 55.0 Å². The molecule has 0 aliphatic carbocycles. The van der Waals surface area contributed by atoms with Crippen molar-refractivity contribution >= 4 is 63.6 Å². The number of nitrogens with zero attached hydrogens (tertiary/aromatic N) is 1. The number of hydrogen-bond donors (Lipinski definition) is 0. The van der Waals surface area contributed by atoms with Crippen molar-refractivity contribution in [3.8, 4) is 11.5 Å². The van der Waals surface area contributed by atoms with Crippen molar-refractivity contribution in [1.29, 1.82) is 0 Å². The van der Waals surface area contributed by atoms with E-state index in [2.05, 4.69) is 0 Å². The fourth-order valence-electron chi connectivity index (χ4n) is 2.66. The fraction of sp³-hybridized carbons (Fsp3) is 0.238. The minimum atomic E-state index is -0.0546. The topological polar surface area (TPSA) is 38.8 Å². The number of ether oxygens (including phenoxy) is 2. The van der Waals surface area contributed by atoms with E-state index in [0.717, 1.165) is 21.2 Å². The van der Waals surface area contributed by atoms with Crippen LogP contribution < -0.4 is 9.47 Å². The molecule has 152 valence electrons. The summed E-state index contributed by atoms with van der Waals surface area (Å²) in [7, 11) is 1.60. The predicted molar refractivity (Wildman–Crippen MR) is 126 cm³/mol. The quantitative estimate of drug-likeness (QED) is 0.214. The number of hydrogen-bond acceptors (Lipinski definition) is 6. The number of likely N-dealkylation sites (N-methyl/N-ethyl adjacent to an activating group) is 1. The van der Waals surface area contributed by atoms with Crippen molar-refractivity contribution in [1.82, 2.24) is 4.90 Å². The van der Waals surface area contributed by atoms with Crippen LogP contribution in [-0.4, -0.2) is 41.1 Å². The lowest BCUT2D eigenvalue weighted by Crippen LogP contribution is -2.27. The van der Waals surface area contributed by atoms with E-state index >= 15 is 0 Å². The van der Waals surface area contributed by atoms with Crippen molar-refractivity contribution in [2.45, 2.75) is 11.8 Å². The number of carbonyl (C=O) groups is 1. The summed E-state index contributed by atoms with van der Waals surface area (Å²) in [6.07, 6.45) is 1.83. The SMILES string of the molecule is CCN1C(=O)C(=Cc2ccc(OCCSc3ccc(Cl)cc3)c(OC)c2)SC1=S. The van der Waals surface area contributed by atoms with Gasteiger partial charge < -0.3 is 9.47 Å². The molecule has 1 fully saturated rings. The minimum Gasteiger partial charge on any atom is -0.493 e. The number of amides is 1. The van der Waals surface area contributed by atoms with Gasteiger partial charge in [0.25, 0.3) is 5.91 Å². The molecule has 0 bridgehead atoms. The van der Waals surface area contributed by atoms with Gasteiger partial charge in [-0.1, -0.05) is 41.6 Å². The highest BCUT2D eigenvalue weighted by Crippen LogP contribution is 2.34. The van der Waals surface area contributed by atoms with Gasteiger partial charge in [-0.3, -0.25) is 9.69 Å². The molecule has 1 amide bonds. The molecule has 2 aromatic rings. The monoisotopic (exact) mass is 465 g/mol. The molecule has 4 nitrogen and oxygen atoms in total. The summed E-state index contributed by atoms with van der Waals surface area (Å²) in [5.41, 5.74) is 0.862. The van der Waals surface area contributed by atoms with Crippen molar-refractivity contribution in [2.75, 3.05) is 26.0 Å². The van der Waals surface area contributed by atoms with Crippen LogP contribution in [0, 0.1) is 0 Å². The van der Waals surface area contributed by atoms with Gasteiger partial charge in [0.05, 0.1) is 18.6 Å². The van der Waals surface area contributed by atoms with E-state index in [9.17, 15) is 4.79 Å². The zero-order chi connectivity index (χ0) is 20.8. The Labute approximate surface area is 189 Å². The van der Waals surface area contributed by atoms with E-state index < -0.39 is 0 Å². The average molecular weight is 466 g/mol. The molecule has 3 rings (SSSR count). The number of rotatable bonds is 8. The Hall–Kier alpha value is -1.67.